The molecule has 0 radical (unpaired) electrons. The zero-order valence-corrected chi connectivity index (χ0v) is 16.5. The molecule has 0 amide bonds. The van der Waals surface area contributed by atoms with Gasteiger partial charge in [0, 0.05) is 50.3 Å². The standard InChI is InChI=1S/C21H23N5O4/c27-16-11-13(17-2-1-7-30-17)10-14-15(16)12-23-19-18(14)20(28)25-21(24-19)22-3-4-26-5-8-29-9-6-26/h1-2,7,12-13H,3-6,8-11H2,(H2,22,23,24,25,28). The minimum atomic E-state index is -0.286. The van der Waals surface area contributed by atoms with Crippen molar-refractivity contribution in [2.45, 2.75) is 18.8 Å². The summed E-state index contributed by atoms with van der Waals surface area (Å²) in [6.45, 7) is 4.79. The Morgan fingerprint density at radius 1 is 1.23 bits per heavy atom. The molecule has 30 heavy (non-hydrogen) atoms. The number of nitrogens with zero attached hydrogens (tertiary/aromatic N) is 3. The molecule has 4 heterocycles. The first-order valence-corrected chi connectivity index (χ1v) is 10.2. The maximum absolute atomic E-state index is 12.9. The number of ketones is 1. The van der Waals surface area contributed by atoms with Gasteiger partial charge in [0.15, 0.2) is 11.4 Å². The van der Waals surface area contributed by atoms with E-state index in [1.165, 1.54) is 0 Å². The second-order valence-electron chi connectivity index (χ2n) is 7.69. The summed E-state index contributed by atoms with van der Waals surface area (Å²) in [5.41, 5.74) is 1.27. The zero-order valence-electron chi connectivity index (χ0n) is 16.5. The van der Waals surface area contributed by atoms with Crippen molar-refractivity contribution in [3.05, 3.63) is 51.8 Å². The van der Waals surface area contributed by atoms with Crippen molar-refractivity contribution in [1.29, 1.82) is 0 Å². The number of hydrogen-bond donors (Lipinski definition) is 2. The van der Waals surface area contributed by atoms with Gasteiger partial charge in [0.2, 0.25) is 5.95 Å². The number of pyridine rings is 1. The van der Waals surface area contributed by atoms with Gasteiger partial charge >= 0.3 is 0 Å². The molecule has 3 aromatic rings. The lowest BCUT2D eigenvalue weighted by Gasteiger charge is -2.26. The molecule has 1 saturated heterocycles. The number of rotatable bonds is 5. The third-order valence-electron chi connectivity index (χ3n) is 5.80. The van der Waals surface area contributed by atoms with E-state index >= 15 is 0 Å². The van der Waals surface area contributed by atoms with Crippen LogP contribution in [0.1, 0.15) is 34.0 Å². The lowest BCUT2D eigenvalue weighted by molar-refractivity contribution is 0.0398. The van der Waals surface area contributed by atoms with Crippen LogP contribution < -0.4 is 10.9 Å². The fraction of sp³-hybridized carbons (Fsp3) is 0.429. The molecule has 9 nitrogen and oxygen atoms in total. The largest absolute Gasteiger partial charge is 0.469 e. The minimum Gasteiger partial charge on any atom is -0.469 e. The number of fused-ring (bicyclic) bond motifs is 3. The number of carbonyl (C=O) groups excluding carboxylic acids is 1. The van der Waals surface area contributed by atoms with Gasteiger partial charge < -0.3 is 14.5 Å². The molecule has 9 heteroatoms. The number of carbonyl (C=O) groups is 1. The van der Waals surface area contributed by atoms with Gasteiger partial charge in [-0.05, 0) is 24.1 Å². The molecular weight excluding hydrogens is 386 g/mol. The first-order valence-electron chi connectivity index (χ1n) is 10.2. The van der Waals surface area contributed by atoms with Crippen molar-refractivity contribution in [2.24, 2.45) is 0 Å². The summed E-state index contributed by atoms with van der Waals surface area (Å²) in [7, 11) is 0. The Bertz CT molecular complexity index is 1120. The van der Waals surface area contributed by atoms with E-state index in [0.29, 0.717) is 47.5 Å². The van der Waals surface area contributed by atoms with Gasteiger partial charge in [-0.1, -0.05) is 0 Å². The zero-order chi connectivity index (χ0) is 20.5. The monoisotopic (exact) mass is 409 g/mol. The fourth-order valence-electron chi connectivity index (χ4n) is 4.24. The molecule has 0 bridgehead atoms. The number of aromatic nitrogens is 3. The van der Waals surface area contributed by atoms with E-state index in [9.17, 15) is 9.59 Å². The van der Waals surface area contributed by atoms with E-state index in [1.54, 1.807) is 12.5 Å². The second kappa shape index (κ2) is 8.00. The van der Waals surface area contributed by atoms with Gasteiger partial charge in [0.05, 0.1) is 24.9 Å². The summed E-state index contributed by atoms with van der Waals surface area (Å²) in [6.07, 6.45) is 4.04. The molecule has 3 aromatic heterocycles. The number of H-pyrrole nitrogens is 1. The molecular formula is C21H23N5O4. The highest BCUT2D eigenvalue weighted by atomic mass is 16.5. The topological polar surface area (TPSA) is 113 Å². The summed E-state index contributed by atoms with van der Waals surface area (Å²) >= 11 is 0. The number of ether oxygens (including phenoxy) is 1. The van der Waals surface area contributed by atoms with Crippen molar-refractivity contribution in [3.8, 4) is 0 Å². The molecule has 2 N–H and O–H groups in total. The maximum atomic E-state index is 12.9. The SMILES string of the molecule is O=C1CC(c2ccco2)Cc2c1cnc1nc(NCCN3CCOCC3)[nH]c(=O)c21. The molecule has 1 aliphatic carbocycles. The van der Waals surface area contributed by atoms with Gasteiger partial charge in [-0.25, -0.2) is 4.98 Å². The Kier molecular flexibility index (Phi) is 5.06. The third-order valence-corrected chi connectivity index (χ3v) is 5.80. The van der Waals surface area contributed by atoms with E-state index in [1.807, 2.05) is 12.1 Å². The van der Waals surface area contributed by atoms with E-state index in [4.69, 9.17) is 9.15 Å². The normalized spacial score (nSPS) is 19.7. The number of Topliss-reactive ketones (excluding diaryl/α,β-unsaturated/α-hetero) is 1. The summed E-state index contributed by atoms with van der Waals surface area (Å²) in [5.74, 6) is 1.03. The Morgan fingerprint density at radius 3 is 2.90 bits per heavy atom. The highest BCUT2D eigenvalue weighted by Crippen LogP contribution is 2.34. The Balaban J connectivity index is 1.40. The van der Waals surface area contributed by atoms with E-state index in [-0.39, 0.29) is 17.3 Å². The molecule has 0 saturated carbocycles. The summed E-state index contributed by atoms with van der Waals surface area (Å²) in [6, 6.07) is 3.68. The number of morpholine rings is 1. The summed E-state index contributed by atoms with van der Waals surface area (Å²) in [5, 5.41) is 3.56. The van der Waals surface area contributed by atoms with Gasteiger partial charge in [0.25, 0.3) is 5.56 Å². The van der Waals surface area contributed by atoms with E-state index in [0.717, 1.165) is 38.6 Å². The Hall–Kier alpha value is -3.04. The van der Waals surface area contributed by atoms with Gasteiger partial charge in [-0.15, -0.1) is 0 Å². The van der Waals surface area contributed by atoms with Crippen molar-refractivity contribution in [1.82, 2.24) is 19.9 Å². The third kappa shape index (κ3) is 3.61. The Morgan fingerprint density at radius 2 is 2.10 bits per heavy atom. The summed E-state index contributed by atoms with van der Waals surface area (Å²) < 4.78 is 10.9. The predicted molar refractivity (Wildman–Crippen MR) is 110 cm³/mol. The van der Waals surface area contributed by atoms with Crippen LogP contribution in [0, 0.1) is 0 Å². The molecule has 5 rings (SSSR count). The lowest BCUT2D eigenvalue weighted by atomic mass is 9.81. The Labute approximate surface area is 172 Å². The quantitative estimate of drug-likeness (QED) is 0.653. The molecule has 0 aromatic carbocycles. The van der Waals surface area contributed by atoms with Crippen LogP contribution in [0.25, 0.3) is 11.0 Å². The molecule has 1 unspecified atom stereocenters. The van der Waals surface area contributed by atoms with Crippen molar-refractivity contribution in [3.63, 3.8) is 0 Å². The fourth-order valence-corrected chi connectivity index (χ4v) is 4.24. The van der Waals surface area contributed by atoms with Crippen LogP contribution in [0.3, 0.4) is 0 Å². The highest BCUT2D eigenvalue weighted by Gasteiger charge is 2.30. The van der Waals surface area contributed by atoms with Crippen LogP contribution in [0.4, 0.5) is 5.95 Å². The molecule has 1 atom stereocenters. The molecule has 1 fully saturated rings. The van der Waals surface area contributed by atoms with Gasteiger partial charge in [-0.2, -0.15) is 4.98 Å². The summed E-state index contributed by atoms with van der Waals surface area (Å²) in [4.78, 5) is 39.5. The van der Waals surface area contributed by atoms with Crippen LogP contribution in [0.15, 0.2) is 33.8 Å². The maximum Gasteiger partial charge on any atom is 0.262 e. The number of hydrogen-bond acceptors (Lipinski definition) is 8. The average molecular weight is 409 g/mol. The first kappa shape index (κ1) is 19.0. The number of aromatic amines is 1. The van der Waals surface area contributed by atoms with Crippen LogP contribution >= 0.6 is 0 Å². The molecule has 0 spiro atoms. The predicted octanol–water partition coefficient (Wildman–Crippen LogP) is 1.57. The van der Waals surface area contributed by atoms with Crippen molar-refractivity contribution < 1.29 is 13.9 Å². The van der Waals surface area contributed by atoms with Crippen LogP contribution in [0.2, 0.25) is 0 Å². The smallest absolute Gasteiger partial charge is 0.262 e. The van der Waals surface area contributed by atoms with Crippen molar-refractivity contribution >= 4 is 22.8 Å². The first-order chi connectivity index (χ1) is 14.7. The van der Waals surface area contributed by atoms with E-state index < -0.39 is 0 Å². The average Bonchev–Trinajstić information content (AvgIpc) is 3.29. The second-order valence-corrected chi connectivity index (χ2v) is 7.69. The molecule has 156 valence electrons. The highest BCUT2D eigenvalue weighted by molar-refractivity contribution is 6.02. The van der Waals surface area contributed by atoms with Gasteiger partial charge in [-0.3, -0.25) is 19.5 Å². The van der Waals surface area contributed by atoms with E-state index in [2.05, 4.69) is 25.2 Å². The molecule has 2 aliphatic rings. The number of furan rings is 1. The lowest BCUT2D eigenvalue weighted by Crippen LogP contribution is -2.39. The van der Waals surface area contributed by atoms with Crippen molar-refractivity contribution in [2.75, 3.05) is 44.7 Å². The minimum absolute atomic E-state index is 0.0286. The number of anilines is 1. The number of nitrogens with one attached hydrogen (secondary N) is 2. The molecule has 1 aliphatic heterocycles. The van der Waals surface area contributed by atoms with Crippen LogP contribution in [-0.2, 0) is 11.2 Å². The van der Waals surface area contributed by atoms with Gasteiger partial charge in [0.1, 0.15) is 5.76 Å². The van der Waals surface area contributed by atoms with Crippen LogP contribution in [0.5, 0.6) is 0 Å². The van der Waals surface area contributed by atoms with Crippen LogP contribution in [-0.4, -0.2) is 65.0 Å².